The van der Waals surface area contributed by atoms with Gasteiger partial charge in [-0.05, 0) is 33.6 Å². The number of hydrogen-bond donors (Lipinski definition) is 1. The summed E-state index contributed by atoms with van der Waals surface area (Å²) in [6.45, 7) is 0.201. The number of nitrogens with zero attached hydrogens (tertiary/aromatic N) is 3. The number of fused-ring (bicyclic) bond motifs is 1. The zero-order valence-electron chi connectivity index (χ0n) is 10.9. The van der Waals surface area contributed by atoms with E-state index in [9.17, 15) is 4.79 Å². The van der Waals surface area contributed by atoms with Crippen LogP contribution in [0, 0.1) is 0 Å². The number of ether oxygens (including phenoxy) is 1. The van der Waals surface area contributed by atoms with Gasteiger partial charge in [0.25, 0.3) is 0 Å². The lowest BCUT2D eigenvalue weighted by atomic mass is 10.2. The van der Waals surface area contributed by atoms with Crippen LogP contribution < -0.4 is 5.32 Å². The fourth-order valence-electron chi connectivity index (χ4n) is 1.80. The van der Waals surface area contributed by atoms with Crippen LogP contribution in [0.15, 0.2) is 53.1 Å². The summed E-state index contributed by atoms with van der Waals surface area (Å²) in [5.41, 5.74) is 1.55. The van der Waals surface area contributed by atoms with Crippen LogP contribution in [0.1, 0.15) is 5.56 Å². The summed E-state index contributed by atoms with van der Waals surface area (Å²) in [6.07, 6.45) is 1.19. The number of amides is 1. The van der Waals surface area contributed by atoms with Crippen molar-refractivity contribution in [2.24, 2.45) is 0 Å². The van der Waals surface area contributed by atoms with Crippen LogP contribution >= 0.6 is 15.9 Å². The largest absolute Gasteiger partial charge is 0.444 e. The summed E-state index contributed by atoms with van der Waals surface area (Å²) < 4.78 is 7.66. The van der Waals surface area contributed by atoms with Gasteiger partial charge < -0.3 is 4.74 Å². The van der Waals surface area contributed by atoms with Crippen molar-refractivity contribution in [3.8, 4) is 0 Å². The molecule has 2 aromatic heterocycles. The Morgan fingerprint density at radius 3 is 2.81 bits per heavy atom. The van der Waals surface area contributed by atoms with Crippen molar-refractivity contribution in [2.75, 3.05) is 5.32 Å². The van der Waals surface area contributed by atoms with Gasteiger partial charge in [-0.25, -0.2) is 4.79 Å². The molecule has 2 heterocycles. The number of benzene rings is 1. The Balaban J connectivity index is 1.67. The smallest absolute Gasteiger partial charge is 0.414 e. The second kappa shape index (κ2) is 5.92. The van der Waals surface area contributed by atoms with E-state index in [2.05, 4.69) is 31.4 Å². The summed E-state index contributed by atoms with van der Waals surface area (Å²) >= 11 is 3.36. The zero-order chi connectivity index (χ0) is 14.7. The summed E-state index contributed by atoms with van der Waals surface area (Å²) in [5.74, 6) is 0.310. The summed E-state index contributed by atoms with van der Waals surface area (Å²) in [5, 5.41) is 10.4. The van der Waals surface area contributed by atoms with Gasteiger partial charge in [-0.1, -0.05) is 30.3 Å². The molecule has 0 saturated carbocycles. The number of hydrogen-bond acceptors (Lipinski definition) is 4. The van der Waals surface area contributed by atoms with Crippen LogP contribution in [0.2, 0.25) is 0 Å². The molecule has 0 atom stereocenters. The quantitative estimate of drug-likeness (QED) is 0.790. The van der Waals surface area contributed by atoms with E-state index in [1.807, 2.05) is 36.4 Å². The van der Waals surface area contributed by atoms with Crippen LogP contribution in [-0.2, 0) is 11.3 Å². The second-order valence-electron chi connectivity index (χ2n) is 4.29. The maximum atomic E-state index is 11.8. The topological polar surface area (TPSA) is 68.5 Å². The first-order chi connectivity index (χ1) is 10.2. The first-order valence-electron chi connectivity index (χ1n) is 6.20. The molecule has 3 aromatic rings. The molecule has 0 fully saturated rings. The molecule has 0 unspecified atom stereocenters. The number of pyridine rings is 1. The maximum Gasteiger partial charge on any atom is 0.414 e. The van der Waals surface area contributed by atoms with E-state index in [0.29, 0.717) is 11.6 Å². The molecule has 0 saturated heterocycles. The minimum Gasteiger partial charge on any atom is -0.444 e. The van der Waals surface area contributed by atoms with Crippen molar-refractivity contribution in [1.82, 2.24) is 14.6 Å². The van der Waals surface area contributed by atoms with Gasteiger partial charge in [0.2, 0.25) is 5.95 Å². The van der Waals surface area contributed by atoms with Gasteiger partial charge in [0.1, 0.15) is 6.61 Å². The summed E-state index contributed by atoms with van der Waals surface area (Å²) in [6, 6.07) is 13.1. The number of carbonyl (C=O) groups excluding carboxylic acids is 1. The third kappa shape index (κ3) is 3.19. The molecule has 7 heteroatoms. The Hall–Kier alpha value is -2.41. The van der Waals surface area contributed by atoms with Gasteiger partial charge in [0.05, 0.1) is 0 Å². The molecule has 1 amide bonds. The lowest BCUT2D eigenvalue weighted by Crippen LogP contribution is -2.15. The molecule has 1 N–H and O–H groups in total. The fraction of sp³-hybridized carbons (Fsp3) is 0.0714. The minimum atomic E-state index is -0.576. The Labute approximate surface area is 128 Å². The highest BCUT2D eigenvalue weighted by Crippen LogP contribution is 2.14. The van der Waals surface area contributed by atoms with E-state index < -0.39 is 6.09 Å². The lowest BCUT2D eigenvalue weighted by molar-refractivity contribution is 0.155. The molecule has 0 bridgehead atoms. The van der Waals surface area contributed by atoms with Crippen molar-refractivity contribution >= 4 is 33.6 Å². The van der Waals surface area contributed by atoms with E-state index in [1.54, 1.807) is 16.7 Å². The van der Waals surface area contributed by atoms with Crippen LogP contribution in [-0.4, -0.2) is 20.7 Å². The average molecular weight is 347 g/mol. The molecule has 3 rings (SSSR count). The lowest BCUT2D eigenvalue weighted by Gasteiger charge is -2.05. The van der Waals surface area contributed by atoms with Crippen molar-refractivity contribution in [2.45, 2.75) is 6.61 Å². The van der Waals surface area contributed by atoms with Crippen LogP contribution in [0.3, 0.4) is 0 Å². The van der Waals surface area contributed by atoms with Crippen molar-refractivity contribution in [1.29, 1.82) is 0 Å². The van der Waals surface area contributed by atoms with E-state index >= 15 is 0 Å². The van der Waals surface area contributed by atoms with E-state index in [0.717, 1.165) is 10.0 Å². The molecular formula is C14H11BrN4O2. The minimum absolute atomic E-state index is 0.201. The highest BCUT2D eigenvalue weighted by Gasteiger charge is 2.10. The van der Waals surface area contributed by atoms with Crippen LogP contribution in [0.5, 0.6) is 0 Å². The van der Waals surface area contributed by atoms with E-state index in [4.69, 9.17) is 4.74 Å². The predicted octanol–water partition coefficient (Wildman–Crippen LogP) is 3.24. The molecule has 6 nitrogen and oxygen atoms in total. The Morgan fingerprint density at radius 1 is 1.19 bits per heavy atom. The van der Waals surface area contributed by atoms with Gasteiger partial charge >= 0.3 is 6.09 Å². The standard InChI is InChI=1S/C14H11BrN4O2/c15-11-6-7-12-17-18-13(19(12)8-11)16-14(20)21-9-10-4-2-1-3-5-10/h1-8H,9H2,(H,16,18,20). The van der Waals surface area contributed by atoms with Crippen molar-refractivity contribution in [3.05, 3.63) is 58.7 Å². The molecule has 1 aromatic carbocycles. The molecule has 0 radical (unpaired) electrons. The third-order valence-electron chi connectivity index (χ3n) is 2.79. The first-order valence-corrected chi connectivity index (χ1v) is 7.00. The Kier molecular flexibility index (Phi) is 3.83. The highest BCUT2D eigenvalue weighted by molar-refractivity contribution is 9.10. The van der Waals surface area contributed by atoms with Gasteiger partial charge in [0.15, 0.2) is 5.65 Å². The van der Waals surface area contributed by atoms with Crippen LogP contribution in [0.25, 0.3) is 5.65 Å². The van der Waals surface area contributed by atoms with Crippen molar-refractivity contribution < 1.29 is 9.53 Å². The molecule has 0 aliphatic carbocycles. The van der Waals surface area contributed by atoms with E-state index in [1.165, 1.54) is 0 Å². The number of carbonyl (C=O) groups is 1. The summed E-state index contributed by atoms with van der Waals surface area (Å²) in [7, 11) is 0. The predicted molar refractivity (Wildman–Crippen MR) is 80.9 cm³/mol. The highest BCUT2D eigenvalue weighted by atomic mass is 79.9. The normalized spacial score (nSPS) is 10.5. The molecule has 21 heavy (non-hydrogen) atoms. The molecule has 0 aliphatic heterocycles. The average Bonchev–Trinajstić information content (AvgIpc) is 2.88. The second-order valence-corrected chi connectivity index (χ2v) is 5.20. The van der Waals surface area contributed by atoms with Gasteiger partial charge in [-0.15, -0.1) is 10.2 Å². The number of aromatic nitrogens is 3. The Morgan fingerprint density at radius 2 is 2.00 bits per heavy atom. The number of halogens is 1. The molecular weight excluding hydrogens is 336 g/mol. The SMILES string of the molecule is O=C(Nc1nnc2ccc(Br)cn12)OCc1ccccc1. The number of anilines is 1. The van der Waals surface area contributed by atoms with Crippen molar-refractivity contribution in [3.63, 3.8) is 0 Å². The first kappa shape index (κ1) is 13.6. The number of nitrogens with one attached hydrogen (secondary N) is 1. The Bertz CT molecular complexity index is 773. The fourth-order valence-corrected chi connectivity index (χ4v) is 2.14. The third-order valence-corrected chi connectivity index (χ3v) is 3.26. The van der Waals surface area contributed by atoms with Gasteiger partial charge in [0, 0.05) is 10.7 Å². The summed E-state index contributed by atoms with van der Waals surface area (Å²) in [4.78, 5) is 11.8. The molecule has 0 spiro atoms. The number of rotatable bonds is 3. The zero-order valence-corrected chi connectivity index (χ0v) is 12.4. The van der Waals surface area contributed by atoms with Gasteiger partial charge in [-0.3, -0.25) is 9.72 Å². The van der Waals surface area contributed by atoms with E-state index in [-0.39, 0.29) is 6.61 Å². The monoisotopic (exact) mass is 346 g/mol. The van der Waals surface area contributed by atoms with Crippen LogP contribution in [0.4, 0.5) is 10.7 Å². The van der Waals surface area contributed by atoms with Gasteiger partial charge in [-0.2, -0.15) is 0 Å². The maximum absolute atomic E-state index is 11.8. The molecule has 106 valence electrons. The molecule has 0 aliphatic rings.